The number of carbonyl (C=O) groups is 2. The Bertz CT molecular complexity index is 690. The van der Waals surface area contributed by atoms with E-state index in [1.807, 2.05) is 0 Å². The van der Waals surface area contributed by atoms with E-state index in [4.69, 9.17) is 11.6 Å². The van der Waals surface area contributed by atoms with Gasteiger partial charge in [0.15, 0.2) is 0 Å². The lowest BCUT2D eigenvalue weighted by Crippen LogP contribution is -2.33. The van der Waals surface area contributed by atoms with Crippen LogP contribution in [0.3, 0.4) is 0 Å². The lowest BCUT2D eigenvalue weighted by molar-refractivity contribution is -0.137. The molecule has 2 saturated carbocycles. The Balaban J connectivity index is 1.74. The highest BCUT2D eigenvalue weighted by Crippen LogP contribution is 2.56. The van der Waals surface area contributed by atoms with Crippen molar-refractivity contribution in [2.75, 3.05) is 4.90 Å². The largest absolute Gasteiger partial charge is 0.417 e. The monoisotopic (exact) mass is 343 g/mol. The van der Waals surface area contributed by atoms with Gasteiger partial charge in [-0.05, 0) is 49.3 Å². The van der Waals surface area contributed by atoms with Crippen LogP contribution >= 0.6 is 11.6 Å². The molecule has 1 heterocycles. The SMILES string of the molecule is O=C1[C@@H]2[C@H]3CC[C@@H](C3)[C@H]2C(=O)N1c1ccc(Cl)c(C(F)(F)F)c1. The lowest BCUT2D eigenvalue weighted by Gasteiger charge is -2.19. The summed E-state index contributed by atoms with van der Waals surface area (Å²) in [5.74, 6) is -1.04. The van der Waals surface area contributed by atoms with E-state index in [1.165, 1.54) is 6.07 Å². The Morgan fingerprint density at radius 2 is 1.61 bits per heavy atom. The normalized spacial score (nSPS) is 32.8. The minimum absolute atomic E-state index is 0.0366. The molecule has 3 aliphatic rings. The molecule has 3 nitrogen and oxygen atoms in total. The molecule has 4 rings (SSSR count). The van der Waals surface area contributed by atoms with Crippen LogP contribution in [-0.4, -0.2) is 11.8 Å². The van der Waals surface area contributed by atoms with Gasteiger partial charge in [0.2, 0.25) is 11.8 Å². The van der Waals surface area contributed by atoms with Crippen LogP contribution < -0.4 is 4.90 Å². The standard InChI is InChI=1S/C16H13ClF3NO2/c17-11-4-3-9(6-10(11)16(18,19)20)21-14(22)12-7-1-2-8(5-7)13(12)15(21)23/h3-4,6-8,12-13H,1-2,5H2/t7-,8-,12+,13+/m0/s1. The van der Waals surface area contributed by atoms with Crippen LogP contribution in [0.4, 0.5) is 18.9 Å². The highest BCUT2D eigenvalue weighted by Gasteiger charge is 2.61. The number of fused-ring (bicyclic) bond motifs is 5. The first-order valence-corrected chi connectivity index (χ1v) is 7.91. The molecule has 1 aromatic rings. The summed E-state index contributed by atoms with van der Waals surface area (Å²) in [4.78, 5) is 26.2. The number of alkyl halides is 3. The van der Waals surface area contributed by atoms with E-state index in [2.05, 4.69) is 0 Å². The Kier molecular flexibility index (Phi) is 3.08. The number of rotatable bonds is 1. The van der Waals surface area contributed by atoms with Gasteiger partial charge in [-0.25, -0.2) is 0 Å². The number of hydrogen-bond donors (Lipinski definition) is 0. The van der Waals surface area contributed by atoms with E-state index in [0.29, 0.717) is 0 Å². The first-order valence-electron chi connectivity index (χ1n) is 7.53. The highest BCUT2D eigenvalue weighted by atomic mass is 35.5. The van der Waals surface area contributed by atoms with Crippen molar-refractivity contribution in [3.63, 3.8) is 0 Å². The lowest BCUT2D eigenvalue weighted by atomic mass is 9.81. The van der Waals surface area contributed by atoms with Gasteiger partial charge in [-0.2, -0.15) is 13.2 Å². The number of hydrogen-bond acceptors (Lipinski definition) is 2. The minimum Gasteiger partial charge on any atom is -0.274 e. The molecule has 2 aliphatic carbocycles. The van der Waals surface area contributed by atoms with E-state index < -0.39 is 16.8 Å². The van der Waals surface area contributed by atoms with Crippen LogP contribution in [0.2, 0.25) is 5.02 Å². The van der Waals surface area contributed by atoms with Crippen molar-refractivity contribution < 1.29 is 22.8 Å². The fourth-order valence-corrected chi connectivity index (χ4v) is 4.76. The number of anilines is 1. The quantitative estimate of drug-likeness (QED) is 0.725. The number of halogens is 4. The molecule has 0 spiro atoms. The van der Waals surface area contributed by atoms with Crippen molar-refractivity contribution in [3.8, 4) is 0 Å². The van der Waals surface area contributed by atoms with E-state index in [-0.39, 0.29) is 41.2 Å². The zero-order valence-electron chi connectivity index (χ0n) is 11.9. The van der Waals surface area contributed by atoms with Gasteiger partial charge in [-0.1, -0.05) is 11.6 Å². The maximum atomic E-state index is 13.0. The first kappa shape index (κ1) is 15.0. The summed E-state index contributed by atoms with van der Waals surface area (Å²) in [6.45, 7) is 0. The predicted octanol–water partition coefficient (Wildman–Crippen LogP) is 3.89. The third-order valence-corrected chi connectivity index (χ3v) is 5.77. The number of imide groups is 1. The van der Waals surface area contributed by atoms with Crippen LogP contribution in [-0.2, 0) is 15.8 Å². The molecular weight excluding hydrogens is 331 g/mol. The molecular formula is C16H13ClF3NO2. The Hall–Kier alpha value is -1.56. The van der Waals surface area contributed by atoms with Crippen molar-refractivity contribution in [1.29, 1.82) is 0 Å². The Morgan fingerprint density at radius 3 is 2.13 bits per heavy atom. The van der Waals surface area contributed by atoms with E-state index in [1.54, 1.807) is 0 Å². The summed E-state index contributed by atoms with van der Waals surface area (Å²) < 4.78 is 39.0. The maximum Gasteiger partial charge on any atom is 0.417 e. The molecule has 2 bridgehead atoms. The van der Waals surface area contributed by atoms with Gasteiger partial charge in [-0.15, -0.1) is 0 Å². The van der Waals surface area contributed by atoms with Crippen LogP contribution in [0.1, 0.15) is 24.8 Å². The number of nitrogens with zero attached hydrogens (tertiary/aromatic N) is 1. The van der Waals surface area contributed by atoms with E-state index in [0.717, 1.165) is 36.3 Å². The summed E-state index contributed by atoms with van der Waals surface area (Å²) in [5, 5.41) is -0.444. The molecule has 4 atom stereocenters. The van der Waals surface area contributed by atoms with Crippen molar-refractivity contribution in [3.05, 3.63) is 28.8 Å². The number of carbonyl (C=O) groups excluding carboxylic acids is 2. The summed E-state index contributed by atoms with van der Waals surface area (Å²) in [7, 11) is 0. The zero-order valence-corrected chi connectivity index (χ0v) is 12.7. The van der Waals surface area contributed by atoms with Gasteiger partial charge in [0.25, 0.3) is 0 Å². The molecule has 122 valence electrons. The van der Waals surface area contributed by atoms with Gasteiger partial charge in [-0.3, -0.25) is 14.5 Å². The molecule has 1 aromatic carbocycles. The second-order valence-corrected chi connectivity index (χ2v) is 6.97. The number of benzene rings is 1. The van der Waals surface area contributed by atoms with Gasteiger partial charge < -0.3 is 0 Å². The van der Waals surface area contributed by atoms with Gasteiger partial charge >= 0.3 is 6.18 Å². The fraction of sp³-hybridized carbons (Fsp3) is 0.500. The summed E-state index contributed by atoms with van der Waals surface area (Å²) in [5.41, 5.74) is -1.07. The van der Waals surface area contributed by atoms with Crippen molar-refractivity contribution in [1.82, 2.24) is 0 Å². The smallest absolute Gasteiger partial charge is 0.274 e. The van der Waals surface area contributed by atoms with Gasteiger partial charge in [0, 0.05) is 0 Å². The number of amides is 2. The maximum absolute atomic E-state index is 13.0. The summed E-state index contributed by atoms with van der Waals surface area (Å²) >= 11 is 5.60. The average Bonchev–Trinajstić information content (AvgIpc) is 3.13. The van der Waals surface area contributed by atoms with Gasteiger partial charge in [0.05, 0.1) is 28.1 Å². The third-order valence-electron chi connectivity index (χ3n) is 5.44. The second kappa shape index (κ2) is 4.72. The van der Waals surface area contributed by atoms with Crippen molar-refractivity contribution in [2.24, 2.45) is 23.7 Å². The van der Waals surface area contributed by atoms with E-state index in [9.17, 15) is 22.8 Å². The predicted molar refractivity (Wildman–Crippen MR) is 76.8 cm³/mol. The average molecular weight is 344 g/mol. The zero-order chi connectivity index (χ0) is 16.5. The van der Waals surface area contributed by atoms with E-state index >= 15 is 0 Å². The second-order valence-electron chi connectivity index (χ2n) is 6.56. The molecule has 0 radical (unpaired) electrons. The molecule has 2 amide bonds. The Morgan fingerprint density at radius 1 is 1.04 bits per heavy atom. The molecule has 0 aromatic heterocycles. The molecule has 3 fully saturated rings. The van der Waals surface area contributed by atoms with Crippen LogP contribution in [0.25, 0.3) is 0 Å². The van der Waals surface area contributed by atoms with Crippen LogP contribution in [0.15, 0.2) is 18.2 Å². The topological polar surface area (TPSA) is 37.4 Å². The molecule has 1 aliphatic heterocycles. The first-order chi connectivity index (χ1) is 10.8. The van der Waals surface area contributed by atoms with Crippen molar-refractivity contribution in [2.45, 2.75) is 25.4 Å². The van der Waals surface area contributed by atoms with Gasteiger partial charge in [0.1, 0.15) is 0 Å². The highest BCUT2D eigenvalue weighted by molar-refractivity contribution is 6.31. The summed E-state index contributed by atoms with van der Waals surface area (Å²) in [6.07, 6.45) is -1.90. The Labute approximate surface area is 135 Å². The van der Waals surface area contributed by atoms with Crippen molar-refractivity contribution >= 4 is 29.1 Å². The molecule has 0 unspecified atom stereocenters. The fourth-order valence-electron chi connectivity index (χ4n) is 4.53. The molecule has 23 heavy (non-hydrogen) atoms. The van der Waals surface area contributed by atoms with Crippen LogP contribution in [0, 0.1) is 23.7 Å². The molecule has 7 heteroatoms. The summed E-state index contributed by atoms with van der Waals surface area (Å²) in [6, 6.07) is 3.18. The third kappa shape index (κ3) is 2.04. The molecule has 0 N–H and O–H groups in total. The minimum atomic E-state index is -4.63. The molecule has 1 saturated heterocycles. The van der Waals surface area contributed by atoms with Crippen LogP contribution in [0.5, 0.6) is 0 Å².